The molecule has 1 aromatic rings. The molecule has 0 heterocycles. The second-order valence-corrected chi connectivity index (χ2v) is 6.41. The van der Waals surface area contributed by atoms with Crippen molar-refractivity contribution in [2.24, 2.45) is 5.41 Å². The number of aliphatic hydroxyl groups excluding tert-OH is 1. The second-order valence-electron chi connectivity index (χ2n) is 6.41. The van der Waals surface area contributed by atoms with Gasteiger partial charge in [-0.2, -0.15) is 0 Å². The van der Waals surface area contributed by atoms with Gasteiger partial charge in [0.15, 0.2) is 0 Å². The van der Waals surface area contributed by atoms with Crippen LogP contribution in [0.4, 0.5) is 5.69 Å². The Hall–Kier alpha value is -1.39. The van der Waals surface area contributed by atoms with Crippen LogP contribution in [-0.4, -0.2) is 27.8 Å². The highest BCUT2D eigenvalue weighted by Gasteiger charge is 2.44. The fourth-order valence-electron chi connectivity index (χ4n) is 2.31. The monoisotopic (exact) mass is 279 g/mol. The first kappa shape index (κ1) is 16.7. The van der Waals surface area contributed by atoms with Crippen molar-refractivity contribution in [3.8, 4) is 0 Å². The van der Waals surface area contributed by atoms with Crippen molar-refractivity contribution in [2.45, 2.75) is 52.7 Å². The van der Waals surface area contributed by atoms with E-state index in [0.717, 1.165) is 5.56 Å². The van der Waals surface area contributed by atoms with Gasteiger partial charge in [0.1, 0.15) is 0 Å². The fourth-order valence-corrected chi connectivity index (χ4v) is 2.31. The number of aliphatic hydroxyl groups is 2. The Bertz CT molecular complexity index is 477. The fraction of sp³-hybridized carbons (Fsp3) is 0.562. The number of amides is 1. The van der Waals surface area contributed by atoms with Crippen molar-refractivity contribution in [2.75, 3.05) is 5.32 Å². The first-order valence-electron chi connectivity index (χ1n) is 6.83. The van der Waals surface area contributed by atoms with Crippen molar-refractivity contribution in [1.82, 2.24) is 0 Å². The van der Waals surface area contributed by atoms with Crippen LogP contribution < -0.4 is 5.32 Å². The largest absolute Gasteiger partial charge is 0.390 e. The van der Waals surface area contributed by atoms with E-state index >= 15 is 0 Å². The van der Waals surface area contributed by atoms with Crippen LogP contribution in [0.15, 0.2) is 24.3 Å². The molecule has 4 heteroatoms. The Morgan fingerprint density at radius 3 is 2.40 bits per heavy atom. The third kappa shape index (κ3) is 3.81. The maximum atomic E-state index is 11.1. The SMILES string of the molecule is CC(=O)Nc1cccc(C[C@](O)([C@H](C)O)C(C)(C)C)c1. The van der Waals surface area contributed by atoms with E-state index in [1.165, 1.54) is 6.92 Å². The molecule has 1 rings (SSSR count). The zero-order valence-corrected chi connectivity index (χ0v) is 12.9. The van der Waals surface area contributed by atoms with Gasteiger partial charge in [-0.15, -0.1) is 0 Å². The van der Waals surface area contributed by atoms with Crippen LogP contribution >= 0.6 is 0 Å². The molecule has 0 unspecified atom stereocenters. The van der Waals surface area contributed by atoms with Crippen LogP contribution in [0.1, 0.15) is 40.2 Å². The minimum absolute atomic E-state index is 0.135. The lowest BCUT2D eigenvalue weighted by Crippen LogP contribution is -2.53. The van der Waals surface area contributed by atoms with E-state index in [1.807, 2.05) is 39.0 Å². The van der Waals surface area contributed by atoms with Gasteiger partial charge in [-0.3, -0.25) is 4.79 Å². The molecule has 1 aromatic carbocycles. The Morgan fingerprint density at radius 2 is 1.95 bits per heavy atom. The van der Waals surface area contributed by atoms with E-state index in [-0.39, 0.29) is 5.91 Å². The third-order valence-electron chi connectivity index (χ3n) is 3.71. The maximum Gasteiger partial charge on any atom is 0.221 e. The summed E-state index contributed by atoms with van der Waals surface area (Å²) in [4.78, 5) is 11.1. The zero-order valence-electron chi connectivity index (χ0n) is 12.9. The number of nitrogens with one attached hydrogen (secondary N) is 1. The van der Waals surface area contributed by atoms with Crippen molar-refractivity contribution >= 4 is 11.6 Å². The second kappa shape index (κ2) is 5.94. The quantitative estimate of drug-likeness (QED) is 0.792. The molecule has 20 heavy (non-hydrogen) atoms. The van der Waals surface area contributed by atoms with Gasteiger partial charge >= 0.3 is 0 Å². The molecule has 0 radical (unpaired) electrons. The van der Waals surface area contributed by atoms with E-state index in [4.69, 9.17) is 0 Å². The summed E-state index contributed by atoms with van der Waals surface area (Å²) in [7, 11) is 0. The molecule has 0 saturated carbocycles. The van der Waals surface area contributed by atoms with E-state index in [9.17, 15) is 15.0 Å². The van der Waals surface area contributed by atoms with E-state index < -0.39 is 17.1 Å². The van der Waals surface area contributed by atoms with Gasteiger partial charge in [0.2, 0.25) is 5.91 Å². The molecule has 0 bridgehead atoms. The molecular formula is C16H25NO3. The number of rotatable bonds is 4. The molecule has 2 atom stereocenters. The van der Waals surface area contributed by atoms with Crippen LogP contribution in [0.3, 0.4) is 0 Å². The van der Waals surface area contributed by atoms with Crippen LogP contribution in [0.5, 0.6) is 0 Å². The Morgan fingerprint density at radius 1 is 1.35 bits per heavy atom. The minimum atomic E-state index is -1.23. The highest BCUT2D eigenvalue weighted by Crippen LogP contribution is 2.36. The predicted molar refractivity (Wildman–Crippen MR) is 80.5 cm³/mol. The Labute approximate surface area is 120 Å². The summed E-state index contributed by atoms with van der Waals surface area (Å²) in [6, 6.07) is 7.32. The first-order chi connectivity index (χ1) is 9.06. The average molecular weight is 279 g/mol. The molecule has 4 nitrogen and oxygen atoms in total. The molecule has 0 aromatic heterocycles. The third-order valence-corrected chi connectivity index (χ3v) is 3.71. The average Bonchev–Trinajstić information content (AvgIpc) is 2.26. The van der Waals surface area contributed by atoms with E-state index in [1.54, 1.807) is 13.0 Å². The van der Waals surface area contributed by atoms with Crippen LogP contribution in [-0.2, 0) is 11.2 Å². The van der Waals surface area contributed by atoms with Gasteiger partial charge in [-0.05, 0) is 30.0 Å². The van der Waals surface area contributed by atoms with Crippen LogP contribution in [0, 0.1) is 5.41 Å². The number of carbonyl (C=O) groups is 1. The molecule has 0 saturated heterocycles. The summed E-state index contributed by atoms with van der Waals surface area (Å²) < 4.78 is 0. The Kier molecular flexibility index (Phi) is 4.95. The predicted octanol–water partition coefficient (Wildman–Crippen LogP) is 2.35. The summed E-state index contributed by atoms with van der Waals surface area (Å²) in [5, 5.41) is 23.5. The smallest absolute Gasteiger partial charge is 0.221 e. The number of hydrogen-bond acceptors (Lipinski definition) is 3. The lowest BCUT2D eigenvalue weighted by Gasteiger charge is -2.43. The highest BCUT2D eigenvalue weighted by molar-refractivity contribution is 5.88. The molecule has 3 N–H and O–H groups in total. The van der Waals surface area contributed by atoms with Crippen LogP contribution in [0.2, 0.25) is 0 Å². The summed E-state index contributed by atoms with van der Waals surface area (Å²) in [5.74, 6) is -0.135. The van der Waals surface area contributed by atoms with Gasteiger partial charge in [-0.1, -0.05) is 32.9 Å². The maximum absolute atomic E-state index is 11.1. The molecule has 0 fully saturated rings. The Balaban J connectivity index is 3.04. The number of carbonyl (C=O) groups excluding carboxylic acids is 1. The lowest BCUT2D eigenvalue weighted by atomic mass is 9.70. The highest BCUT2D eigenvalue weighted by atomic mass is 16.3. The summed E-state index contributed by atoms with van der Waals surface area (Å²) in [5.41, 5.74) is -0.140. The summed E-state index contributed by atoms with van der Waals surface area (Å²) in [6.07, 6.45) is -0.534. The molecule has 112 valence electrons. The molecular weight excluding hydrogens is 254 g/mol. The first-order valence-corrected chi connectivity index (χ1v) is 6.83. The zero-order chi connectivity index (χ0) is 15.6. The van der Waals surface area contributed by atoms with Gasteiger partial charge < -0.3 is 15.5 Å². The van der Waals surface area contributed by atoms with Gasteiger partial charge in [0.05, 0.1) is 11.7 Å². The number of benzene rings is 1. The lowest BCUT2D eigenvalue weighted by molar-refractivity contribution is -0.134. The summed E-state index contributed by atoms with van der Waals surface area (Å²) in [6.45, 7) is 8.75. The van der Waals surface area contributed by atoms with Gasteiger partial charge in [0.25, 0.3) is 0 Å². The van der Waals surface area contributed by atoms with Crippen LogP contribution in [0.25, 0.3) is 0 Å². The molecule has 0 aliphatic heterocycles. The normalized spacial score (nSPS) is 16.4. The van der Waals surface area contributed by atoms with E-state index in [0.29, 0.717) is 12.1 Å². The van der Waals surface area contributed by atoms with E-state index in [2.05, 4.69) is 5.32 Å². The van der Waals surface area contributed by atoms with Crippen molar-refractivity contribution in [3.05, 3.63) is 29.8 Å². The van der Waals surface area contributed by atoms with Crippen molar-refractivity contribution < 1.29 is 15.0 Å². The van der Waals surface area contributed by atoms with Gasteiger partial charge in [0, 0.05) is 19.0 Å². The molecule has 0 spiro atoms. The number of hydrogen-bond donors (Lipinski definition) is 3. The van der Waals surface area contributed by atoms with Gasteiger partial charge in [-0.25, -0.2) is 0 Å². The topological polar surface area (TPSA) is 69.6 Å². The molecule has 0 aliphatic carbocycles. The molecule has 1 amide bonds. The van der Waals surface area contributed by atoms with Crippen molar-refractivity contribution in [1.29, 1.82) is 0 Å². The van der Waals surface area contributed by atoms with Crippen molar-refractivity contribution in [3.63, 3.8) is 0 Å². The standard InChI is InChI=1S/C16H25NO3/c1-11(18)16(20,15(3,4)5)10-13-7-6-8-14(9-13)17-12(2)19/h6-9,11,18,20H,10H2,1-5H3,(H,17,19)/t11-,16-/m0/s1. The number of anilines is 1. The minimum Gasteiger partial charge on any atom is -0.390 e. The molecule has 0 aliphatic rings. The summed E-state index contributed by atoms with van der Waals surface area (Å²) >= 11 is 0.